The van der Waals surface area contributed by atoms with Crippen LogP contribution in [0.3, 0.4) is 0 Å². The van der Waals surface area contributed by atoms with Crippen molar-refractivity contribution in [3.63, 3.8) is 0 Å². The molecule has 0 aliphatic rings. The highest BCUT2D eigenvalue weighted by Gasteiger charge is 2.30. The van der Waals surface area contributed by atoms with Gasteiger partial charge in [0.2, 0.25) is 0 Å². The van der Waals surface area contributed by atoms with Gasteiger partial charge in [-0.3, -0.25) is 4.79 Å². The van der Waals surface area contributed by atoms with Gasteiger partial charge in [0, 0.05) is 0 Å². The highest BCUT2D eigenvalue weighted by atomic mass is 79.9. The molecule has 0 bridgehead atoms. The molecule has 2 aromatic carbocycles. The fourth-order valence-corrected chi connectivity index (χ4v) is 2.28. The molecule has 134 valence electrons. The van der Waals surface area contributed by atoms with Crippen molar-refractivity contribution >= 4 is 27.5 Å². The third-order valence-corrected chi connectivity index (χ3v) is 3.73. The van der Waals surface area contributed by atoms with Crippen LogP contribution in [-0.4, -0.2) is 18.7 Å². The Morgan fingerprint density at radius 3 is 2.48 bits per heavy atom. The van der Waals surface area contributed by atoms with Crippen LogP contribution in [0.4, 0.5) is 27.6 Å². The first kappa shape index (κ1) is 19.2. The largest absolute Gasteiger partial charge is 0.483 e. The lowest BCUT2D eigenvalue weighted by Crippen LogP contribution is -2.22. The van der Waals surface area contributed by atoms with E-state index in [2.05, 4.69) is 26.0 Å². The predicted octanol–water partition coefficient (Wildman–Crippen LogP) is 5.23. The summed E-state index contributed by atoms with van der Waals surface area (Å²) in [7, 11) is 0. The smallest absolute Gasteiger partial charge is 0.422 e. The van der Waals surface area contributed by atoms with Gasteiger partial charge in [-0.1, -0.05) is 12.1 Å². The third-order valence-electron chi connectivity index (χ3n) is 3.12. The van der Waals surface area contributed by atoms with Crippen molar-refractivity contribution in [2.24, 2.45) is 0 Å². The first-order valence-electron chi connectivity index (χ1n) is 6.83. The van der Waals surface area contributed by atoms with Crippen LogP contribution in [-0.2, 0) is 0 Å². The van der Waals surface area contributed by atoms with Gasteiger partial charge in [-0.25, -0.2) is 8.78 Å². The number of rotatable bonds is 4. The maximum absolute atomic E-state index is 13.8. The molecule has 1 N–H and O–H groups in total. The number of hydrogen-bond acceptors (Lipinski definition) is 2. The van der Waals surface area contributed by atoms with Gasteiger partial charge in [0.05, 0.1) is 15.7 Å². The summed E-state index contributed by atoms with van der Waals surface area (Å²) in [6.45, 7) is -0.133. The molecule has 0 aliphatic heterocycles. The van der Waals surface area contributed by atoms with Crippen LogP contribution in [0.5, 0.6) is 5.75 Å². The SMILES string of the molecule is Cc1cccc(F)c1NC(=O)c1cc(F)c(Br)cc1OCC(F)(F)F. The molecule has 3 nitrogen and oxygen atoms in total. The molecule has 0 saturated heterocycles. The van der Waals surface area contributed by atoms with Crippen molar-refractivity contribution in [2.45, 2.75) is 13.1 Å². The first-order valence-corrected chi connectivity index (χ1v) is 7.63. The van der Waals surface area contributed by atoms with Crippen molar-refractivity contribution < 1.29 is 31.5 Å². The minimum Gasteiger partial charge on any atom is -0.483 e. The molecule has 1 amide bonds. The first-order chi connectivity index (χ1) is 11.6. The zero-order chi connectivity index (χ0) is 18.8. The number of alkyl halides is 3. The number of halogens is 6. The van der Waals surface area contributed by atoms with Crippen LogP contribution >= 0.6 is 15.9 Å². The second kappa shape index (κ2) is 7.38. The number of carbonyl (C=O) groups is 1. The lowest BCUT2D eigenvalue weighted by molar-refractivity contribution is -0.153. The standard InChI is InChI=1S/C16H11BrF5NO2/c1-8-3-2-4-11(18)14(8)23-15(24)9-5-12(19)10(17)6-13(9)25-7-16(20,21)22/h2-6H,7H2,1H3,(H,23,24). The number of benzene rings is 2. The van der Waals surface area contributed by atoms with E-state index in [0.717, 1.165) is 12.1 Å². The Morgan fingerprint density at radius 2 is 1.88 bits per heavy atom. The number of nitrogens with one attached hydrogen (secondary N) is 1. The van der Waals surface area contributed by atoms with E-state index in [1.165, 1.54) is 19.1 Å². The highest BCUT2D eigenvalue weighted by molar-refractivity contribution is 9.10. The normalized spacial score (nSPS) is 11.3. The summed E-state index contributed by atoms with van der Waals surface area (Å²) in [5.74, 6) is -3.10. The van der Waals surface area contributed by atoms with Crippen LogP contribution in [0.25, 0.3) is 0 Å². The van der Waals surface area contributed by atoms with E-state index < -0.39 is 41.6 Å². The molecule has 0 unspecified atom stereocenters. The van der Waals surface area contributed by atoms with Crippen LogP contribution in [0.1, 0.15) is 15.9 Å². The molecule has 0 radical (unpaired) electrons. The summed E-state index contributed by atoms with van der Waals surface area (Å²) < 4.78 is 69.0. The van der Waals surface area contributed by atoms with Crippen LogP contribution in [0.15, 0.2) is 34.8 Å². The minimum absolute atomic E-state index is 0.155. The Labute approximate surface area is 147 Å². The number of aryl methyl sites for hydroxylation is 1. The van der Waals surface area contributed by atoms with E-state index in [1.807, 2.05) is 0 Å². The lowest BCUT2D eigenvalue weighted by atomic mass is 10.1. The molecule has 0 atom stereocenters. The number of ether oxygens (including phenoxy) is 1. The summed E-state index contributed by atoms with van der Waals surface area (Å²) in [5, 5.41) is 2.22. The Hall–Kier alpha value is -2.16. The van der Waals surface area contributed by atoms with E-state index in [1.54, 1.807) is 0 Å². The number of amides is 1. The summed E-state index contributed by atoms with van der Waals surface area (Å²) in [5.41, 5.74) is -0.256. The van der Waals surface area contributed by atoms with Gasteiger partial charge < -0.3 is 10.1 Å². The van der Waals surface area contributed by atoms with Gasteiger partial charge in [-0.15, -0.1) is 0 Å². The third kappa shape index (κ3) is 4.91. The number of hydrogen-bond donors (Lipinski definition) is 1. The van der Waals surface area contributed by atoms with Crippen LogP contribution in [0.2, 0.25) is 0 Å². The summed E-state index contributed by atoms with van der Waals surface area (Å²) in [6.07, 6.45) is -4.64. The molecule has 0 heterocycles. The average molecular weight is 424 g/mol. The van der Waals surface area contributed by atoms with Gasteiger partial charge in [-0.05, 0) is 46.6 Å². The molecule has 0 spiro atoms. The van der Waals surface area contributed by atoms with Crippen LogP contribution in [0, 0.1) is 18.6 Å². The van der Waals surface area contributed by atoms with E-state index in [4.69, 9.17) is 0 Å². The van der Waals surface area contributed by atoms with E-state index in [-0.39, 0.29) is 10.2 Å². The molecule has 2 rings (SSSR count). The number of para-hydroxylation sites is 1. The van der Waals surface area contributed by atoms with Crippen molar-refractivity contribution in [1.82, 2.24) is 0 Å². The van der Waals surface area contributed by atoms with E-state index in [0.29, 0.717) is 11.6 Å². The highest BCUT2D eigenvalue weighted by Crippen LogP contribution is 2.30. The quantitative estimate of drug-likeness (QED) is 0.683. The predicted molar refractivity (Wildman–Crippen MR) is 84.7 cm³/mol. The Bertz CT molecular complexity index is 788. The molecular formula is C16H11BrF5NO2. The molecule has 0 saturated carbocycles. The molecule has 2 aromatic rings. The van der Waals surface area contributed by atoms with Crippen molar-refractivity contribution in [3.8, 4) is 5.75 Å². The fourth-order valence-electron chi connectivity index (χ4n) is 1.96. The van der Waals surface area contributed by atoms with Crippen molar-refractivity contribution in [3.05, 3.63) is 57.6 Å². The van der Waals surface area contributed by atoms with Crippen molar-refractivity contribution in [1.29, 1.82) is 0 Å². The lowest BCUT2D eigenvalue weighted by Gasteiger charge is -2.15. The van der Waals surface area contributed by atoms with E-state index in [9.17, 15) is 26.7 Å². The number of carbonyl (C=O) groups excluding carboxylic acids is 1. The van der Waals surface area contributed by atoms with Gasteiger partial charge in [0.15, 0.2) is 6.61 Å². The second-order valence-electron chi connectivity index (χ2n) is 5.05. The molecule has 0 aliphatic carbocycles. The molecule has 9 heteroatoms. The Balaban J connectivity index is 2.36. The zero-order valence-electron chi connectivity index (χ0n) is 12.7. The maximum atomic E-state index is 13.8. The average Bonchev–Trinajstić information content (AvgIpc) is 2.51. The number of anilines is 1. The van der Waals surface area contributed by atoms with Gasteiger partial charge >= 0.3 is 6.18 Å². The zero-order valence-corrected chi connectivity index (χ0v) is 14.3. The van der Waals surface area contributed by atoms with Gasteiger partial charge in [0.1, 0.15) is 17.4 Å². The van der Waals surface area contributed by atoms with E-state index >= 15 is 0 Å². The minimum atomic E-state index is -4.64. The van der Waals surface area contributed by atoms with Crippen molar-refractivity contribution in [2.75, 3.05) is 11.9 Å². The summed E-state index contributed by atoms with van der Waals surface area (Å²) in [4.78, 5) is 12.3. The maximum Gasteiger partial charge on any atom is 0.422 e. The Morgan fingerprint density at radius 1 is 1.20 bits per heavy atom. The fraction of sp³-hybridized carbons (Fsp3) is 0.188. The second-order valence-corrected chi connectivity index (χ2v) is 5.91. The molecule has 0 fully saturated rings. The topological polar surface area (TPSA) is 38.3 Å². The summed E-state index contributed by atoms with van der Waals surface area (Å²) >= 11 is 2.81. The molecule has 25 heavy (non-hydrogen) atoms. The molecule has 0 aromatic heterocycles. The Kier molecular flexibility index (Phi) is 5.66. The van der Waals surface area contributed by atoms with Gasteiger partial charge in [-0.2, -0.15) is 13.2 Å². The van der Waals surface area contributed by atoms with Gasteiger partial charge in [0.25, 0.3) is 5.91 Å². The molecular weight excluding hydrogens is 413 g/mol. The monoisotopic (exact) mass is 423 g/mol. The van der Waals surface area contributed by atoms with Crippen LogP contribution < -0.4 is 10.1 Å². The summed E-state index contributed by atoms with van der Waals surface area (Å²) in [6, 6.07) is 5.68.